The van der Waals surface area contributed by atoms with E-state index in [9.17, 15) is 4.39 Å². The average Bonchev–Trinajstić information content (AvgIpc) is 2.73. The molecule has 2 rings (SSSR count). The van der Waals surface area contributed by atoms with E-state index in [-0.39, 0.29) is 5.02 Å². The van der Waals surface area contributed by atoms with Gasteiger partial charge in [-0.3, -0.25) is 0 Å². The standard InChI is InChI=1S/C11H12BrClFN5/c1-6(2)15-5-10-16-17-18-19(10)11-8(12)3-7(14)4-9(11)13/h3-4,6,15H,5H2,1-2H3. The summed E-state index contributed by atoms with van der Waals surface area (Å²) in [6, 6.07) is 2.85. The molecule has 2 aromatic rings. The highest BCUT2D eigenvalue weighted by atomic mass is 79.9. The first-order valence-corrected chi connectivity index (χ1v) is 6.81. The minimum absolute atomic E-state index is 0.241. The molecule has 0 bridgehead atoms. The zero-order valence-electron chi connectivity index (χ0n) is 10.4. The van der Waals surface area contributed by atoms with Crippen molar-refractivity contribution < 1.29 is 4.39 Å². The third-order valence-electron chi connectivity index (χ3n) is 2.40. The van der Waals surface area contributed by atoms with E-state index in [1.165, 1.54) is 16.8 Å². The van der Waals surface area contributed by atoms with Crippen LogP contribution in [0.15, 0.2) is 16.6 Å². The lowest BCUT2D eigenvalue weighted by Gasteiger charge is -2.11. The average molecular weight is 349 g/mol. The molecule has 102 valence electrons. The molecule has 0 aliphatic rings. The predicted molar refractivity (Wildman–Crippen MR) is 73.8 cm³/mol. The zero-order chi connectivity index (χ0) is 14.0. The van der Waals surface area contributed by atoms with Gasteiger partial charge in [0, 0.05) is 10.5 Å². The van der Waals surface area contributed by atoms with Crippen LogP contribution in [-0.4, -0.2) is 26.2 Å². The molecular weight excluding hydrogens is 337 g/mol. The van der Waals surface area contributed by atoms with E-state index in [0.717, 1.165) is 0 Å². The summed E-state index contributed by atoms with van der Waals surface area (Å²) < 4.78 is 15.2. The second kappa shape index (κ2) is 5.94. The molecule has 0 saturated carbocycles. The number of aromatic nitrogens is 4. The number of hydrogen-bond donors (Lipinski definition) is 1. The molecule has 0 amide bonds. The Morgan fingerprint density at radius 1 is 1.47 bits per heavy atom. The number of hydrogen-bond acceptors (Lipinski definition) is 4. The second-order valence-electron chi connectivity index (χ2n) is 4.26. The van der Waals surface area contributed by atoms with Gasteiger partial charge in [-0.05, 0) is 38.5 Å². The molecule has 0 radical (unpaired) electrons. The minimum atomic E-state index is -0.421. The summed E-state index contributed by atoms with van der Waals surface area (Å²) in [6.45, 7) is 4.54. The molecule has 0 fully saturated rings. The van der Waals surface area contributed by atoms with Crippen LogP contribution in [0, 0.1) is 5.82 Å². The van der Waals surface area contributed by atoms with Crippen molar-refractivity contribution in [1.82, 2.24) is 25.5 Å². The minimum Gasteiger partial charge on any atom is -0.308 e. The summed E-state index contributed by atoms with van der Waals surface area (Å²) in [5.74, 6) is 0.179. The maximum absolute atomic E-state index is 13.2. The van der Waals surface area contributed by atoms with Crippen LogP contribution in [0.25, 0.3) is 5.69 Å². The Kier molecular flexibility index (Phi) is 4.49. The van der Waals surface area contributed by atoms with Crippen molar-refractivity contribution >= 4 is 27.5 Å². The van der Waals surface area contributed by atoms with Crippen LogP contribution in [-0.2, 0) is 6.54 Å². The molecule has 0 aliphatic carbocycles. The van der Waals surface area contributed by atoms with Gasteiger partial charge in [-0.15, -0.1) is 5.10 Å². The summed E-state index contributed by atoms with van der Waals surface area (Å²) in [4.78, 5) is 0. The lowest BCUT2D eigenvalue weighted by molar-refractivity contribution is 0.562. The molecule has 19 heavy (non-hydrogen) atoms. The van der Waals surface area contributed by atoms with Gasteiger partial charge in [0.05, 0.1) is 11.6 Å². The van der Waals surface area contributed by atoms with E-state index in [4.69, 9.17) is 11.6 Å². The summed E-state index contributed by atoms with van der Waals surface area (Å²) in [5, 5.41) is 14.9. The van der Waals surface area contributed by atoms with E-state index in [1.54, 1.807) is 0 Å². The highest BCUT2D eigenvalue weighted by Gasteiger charge is 2.16. The van der Waals surface area contributed by atoms with Crippen molar-refractivity contribution in [1.29, 1.82) is 0 Å². The lowest BCUT2D eigenvalue weighted by Crippen LogP contribution is -2.24. The van der Waals surface area contributed by atoms with Gasteiger partial charge in [0.2, 0.25) is 0 Å². The van der Waals surface area contributed by atoms with Crippen molar-refractivity contribution in [2.24, 2.45) is 0 Å². The summed E-state index contributed by atoms with van der Waals surface area (Å²) >= 11 is 9.33. The van der Waals surface area contributed by atoms with Crippen LogP contribution in [0.1, 0.15) is 19.7 Å². The number of nitrogens with zero attached hydrogens (tertiary/aromatic N) is 4. The second-order valence-corrected chi connectivity index (χ2v) is 5.52. The van der Waals surface area contributed by atoms with Gasteiger partial charge in [0.25, 0.3) is 0 Å². The molecule has 1 heterocycles. The molecule has 1 aromatic carbocycles. The summed E-state index contributed by atoms with van der Waals surface area (Å²) in [6.07, 6.45) is 0. The number of tetrazole rings is 1. The van der Waals surface area contributed by atoms with Gasteiger partial charge in [-0.25, -0.2) is 4.39 Å². The van der Waals surface area contributed by atoms with Crippen LogP contribution < -0.4 is 5.32 Å². The predicted octanol–water partition coefficient (Wildman–Crippen LogP) is 2.72. The molecule has 0 unspecified atom stereocenters. The van der Waals surface area contributed by atoms with Crippen molar-refractivity contribution in [3.63, 3.8) is 0 Å². The van der Waals surface area contributed by atoms with E-state index in [2.05, 4.69) is 36.8 Å². The molecule has 0 aliphatic heterocycles. The first kappa shape index (κ1) is 14.4. The molecular formula is C11H12BrClFN5. The van der Waals surface area contributed by atoms with E-state index < -0.39 is 5.82 Å². The van der Waals surface area contributed by atoms with E-state index in [1.807, 2.05) is 13.8 Å². The molecule has 1 N–H and O–H groups in total. The van der Waals surface area contributed by atoms with Crippen LogP contribution in [0.5, 0.6) is 0 Å². The van der Waals surface area contributed by atoms with Gasteiger partial charge in [-0.1, -0.05) is 25.4 Å². The van der Waals surface area contributed by atoms with Crippen molar-refractivity contribution in [2.45, 2.75) is 26.4 Å². The highest BCUT2D eigenvalue weighted by molar-refractivity contribution is 9.10. The molecule has 0 saturated heterocycles. The first-order chi connectivity index (χ1) is 8.99. The van der Waals surface area contributed by atoms with E-state index in [0.29, 0.717) is 28.6 Å². The Labute approximate surface area is 123 Å². The molecule has 0 atom stereocenters. The maximum atomic E-state index is 13.2. The topological polar surface area (TPSA) is 55.6 Å². The maximum Gasteiger partial charge on any atom is 0.170 e. The van der Waals surface area contributed by atoms with Gasteiger partial charge in [-0.2, -0.15) is 4.68 Å². The smallest absolute Gasteiger partial charge is 0.170 e. The van der Waals surface area contributed by atoms with Gasteiger partial charge in [0.1, 0.15) is 11.5 Å². The SMILES string of the molecule is CC(C)NCc1nnnn1-c1c(Cl)cc(F)cc1Br. The fourth-order valence-corrected chi connectivity index (χ4v) is 2.52. The van der Waals surface area contributed by atoms with Crippen molar-refractivity contribution in [2.75, 3.05) is 0 Å². The van der Waals surface area contributed by atoms with Crippen LogP contribution >= 0.6 is 27.5 Å². The monoisotopic (exact) mass is 347 g/mol. The first-order valence-electron chi connectivity index (χ1n) is 5.64. The largest absolute Gasteiger partial charge is 0.308 e. The highest BCUT2D eigenvalue weighted by Crippen LogP contribution is 2.29. The summed E-state index contributed by atoms with van der Waals surface area (Å²) in [5.41, 5.74) is 0.522. The Morgan fingerprint density at radius 3 is 2.84 bits per heavy atom. The molecule has 0 spiro atoms. The third-order valence-corrected chi connectivity index (χ3v) is 3.29. The molecule has 1 aromatic heterocycles. The van der Waals surface area contributed by atoms with Crippen molar-refractivity contribution in [3.8, 4) is 5.69 Å². The Morgan fingerprint density at radius 2 is 2.21 bits per heavy atom. The van der Waals surface area contributed by atoms with Gasteiger partial charge < -0.3 is 5.32 Å². The fourth-order valence-electron chi connectivity index (χ4n) is 1.52. The molecule has 5 nitrogen and oxygen atoms in total. The summed E-state index contributed by atoms with van der Waals surface area (Å²) in [7, 11) is 0. The zero-order valence-corrected chi connectivity index (χ0v) is 12.7. The Balaban J connectivity index is 2.40. The number of benzene rings is 1. The lowest BCUT2D eigenvalue weighted by atomic mass is 10.3. The molecule has 8 heteroatoms. The van der Waals surface area contributed by atoms with Crippen molar-refractivity contribution in [3.05, 3.63) is 33.3 Å². The number of nitrogens with one attached hydrogen (secondary N) is 1. The van der Waals surface area contributed by atoms with E-state index >= 15 is 0 Å². The van der Waals surface area contributed by atoms with Crippen LogP contribution in [0.2, 0.25) is 5.02 Å². The van der Waals surface area contributed by atoms with Crippen LogP contribution in [0.3, 0.4) is 0 Å². The number of rotatable bonds is 4. The van der Waals surface area contributed by atoms with Gasteiger partial charge in [0.15, 0.2) is 5.82 Å². The fraction of sp³-hybridized carbons (Fsp3) is 0.364. The quantitative estimate of drug-likeness (QED) is 0.923. The Hall–Kier alpha value is -1.05. The normalized spacial score (nSPS) is 11.3. The number of halogens is 3. The third kappa shape index (κ3) is 3.29. The Bertz CT molecular complexity index is 563. The van der Waals surface area contributed by atoms with Gasteiger partial charge >= 0.3 is 0 Å². The van der Waals surface area contributed by atoms with Crippen LogP contribution in [0.4, 0.5) is 4.39 Å².